The number of para-hydroxylation sites is 1. The highest BCUT2D eigenvalue weighted by Crippen LogP contribution is 2.27. The minimum absolute atomic E-state index is 0.142. The first kappa shape index (κ1) is 17.5. The molecule has 5 rings (SSSR count). The molecule has 0 unspecified atom stereocenters. The van der Waals surface area contributed by atoms with E-state index in [1.807, 2.05) is 43.3 Å². The molecule has 144 valence electrons. The first-order valence-electron chi connectivity index (χ1n) is 9.41. The summed E-state index contributed by atoms with van der Waals surface area (Å²) in [6, 6.07) is 13.4. The number of nitrogens with zero attached hydrogens (tertiary/aromatic N) is 5. The van der Waals surface area contributed by atoms with Crippen LogP contribution in [0.15, 0.2) is 59.7 Å². The SMILES string of the molecule is C[C@@H](CO)n1c(=O)n(C)c2cnc3ccc(-c4cnc5ccccc5c4)nc3c21. The second-order valence-electron chi connectivity index (χ2n) is 7.22. The van der Waals surface area contributed by atoms with E-state index in [4.69, 9.17) is 4.98 Å². The number of aromatic nitrogens is 5. The summed E-state index contributed by atoms with van der Waals surface area (Å²) in [5.41, 5.74) is 5.06. The van der Waals surface area contributed by atoms with Gasteiger partial charge in [-0.3, -0.25) is 19.1 Å². The molecule has 0 radical (unpaired) electrons. The monoisotopic (exact) mass is 385 g/mol. The van der Waals surface area contributed by atoms with Gasteiger partial charge in [-0.2, -0.15) is 0 Å². The Morgan fingerprint density at radius 3 is 2.69 bits per heavy atom. The zero-order valence-corrected chi connectivity index (χ0v) is 16.1. The van der Waals surface area contributed by atoms with Crippen molar-refractivity contribution in [3.8, 4) is 11.3 Å². The minimum Gasteiger partial charge on any atom is -0.394 e. The predicted octanol–water partition coefficient (Wildman–Crippen LogP) is 3.05. The zero-order chi connectivity index (χ0) is 20.1. The van der Waals surface area contributed by atoms with Gasteiger partial charge >= 0.3 is 5.69 Å². The Hall–Kier alpha value is -3.58. The quantitative estimate of drug-likeness (QED) is 0.516. The number of fused-ring (bicyclic) bond motifs is 4. The Kier molecular flexibility index (Phi) is 3.92. The van der Waals surface area contributed by atoms with E-state index in [-0.39, 0.29) is 18.3 Å². The molecule has 0 saturated carbocycles. The van der Waals surface area contributed by atoms with Gasteiger partial charge in [0.1, 0.15) is 5.52 Å². The van der Waals surface area contributed by atoms with Crippen LogP contribution in [0, 0.1) is 0 Å². The minimum atomic E-state index is -0.371. The zero-order valence-electron chi connectivity index (χ0n) is 16.1. The van der Waals surface area contributed by atoms with E-state index in [1.165, 1.54) is 0 Å². The molecule has 0 saturated heterocycles. The van der Waals surface area contributed by atoms with Crippen LogP contribution < -0.4 is 5.69 Å². The normalized spacial score (nSPS) is 12.8. The van der Waals surface area contributed by atoms with Crippen LogP contribution in [-0.4, -0.2) is 35.8 Å². The van der Waals surface area contributed by atoms with Gasteiger partial charge in [-0.1, -0.05) is 18.2 Å². The largest absolute Gasteiger partial charge is 0.394 e. The van der Waals surface area contributed by atoms with Gasteiger partial charge in [-0.15, -0.1) is 0 Å². The van der Waals surface area contributed by atoms with Crippen molar-refractivity contribution in [1.82, 2.24) is 24.1 Å². The molecule has 0 aliphatic heterocycles. The van der Waals surface area contributed by atoms with Crippen molar-refractivity contribution < 1.29 is 5.11 Å². The molecule has 1 aromatic carbocycles. The molecule has 0 amide bonds. The molecule has 1 atom stereocenters. The highest BCUT2D eigenvalue weighted by atomic mass is 16.3. The molecule has 5 aromatic rings. The fraction of sp³-hybridized carbons (Fsp3) is 0.182. The van der Waals surface area contributed by atoms with Gasteiger partial charge in [-0.05, 0) is 31.2 Å². The van der Waals surface area contributed by atoms with E-state index in [1.54, 1.807) is 28.6 Å². The van der Waals surface area contributed by atoms with E-state index in [0.29, 0.717) is 22.1 Å². The lowest BCUT2D eigenvalue weighted by Crippen LogP contribution is -2.26. The number of hydrogen-bond acceptors (Lipinski definition) is 5. The smallest absolute Gasteiger partial charge is 0.329 e. The molecule has 0 fully saturated rings. The van der Waals surface area contributed by atoms with Gasteiger partial charge in [0, 0.05) is 24.2 Å². The Morgan fingerprint density at radius 2 is 1.86 bits per heavy atom. The van der Waals surface area contributed by atoms with Crippen molar-refractivity contribution in [2.75, 3.05) is 6.61 Å². The summed E-state index contributed by atoms with van der Waals surface area (Å²) in [6.07, 6.45) is 3.48. The van der Waals surface area contributed by atoms with Crippen LogP contribution in [0.3, 0.4) is 0 Å². The lowest BCUT2D eigenvalue weighted by Gasteiger charge is -2.11. The molecule has 0 aliphatic rings. The lowest BCUT2D eigenvalue weighted by molar-refractivity contribution is 0.238. The van der Waals surface area contributed by atoms with E-state index in [9.17, 15) is 9.90 Å². The Balaban J connectivity index is 1.82. The van der Waals surface area contributed by atoms with Crippen molar-refractivity contribution in [2.24, 2.45) is 7.05 Å². The molecule has 4 heterocycles. The lowest BCUT2D eigenvalue weighted by atomic mass is 10.1. The van der Waals surface area contributed by atoms with Crippen molar-refractivity contribution >= 4 is 33.0 Å². The number of pyridine rings is 3. The maximum Gasteiger partial charge on any atom is 0.329 e. The number of aliphatic hydroxyl groups is 1. The molecule has 4 aromatic heterocycles. The summed E-state index contributed by atoms with van der Waals surface area (Å²) in [4.78, 5) is 26.6. The van der Waals surface area contributed by atoms with E-state index in [2.05, 4.69) is 16.0 Å². The molecular formula is C22H19N5O2. The van der Waals surface area contributed by atoms with Crippen LogP contribution in [0.25, 0.3) is 44.2 Å². The van der Waals surface area contributed by atoms with Crippen LogP contribution in [0.4, 0.5) is 0 Å². The van der Waals surface area contributed by atoms with Gasteiger partial charge in [-0.25, -0.2) is 9.78 Å². The van der Waals surface area contributed by atoms with Gasteiger partial charge in [0.2, 0.25) is 0 Å². The third-order valence-electron chi connectivity index (χ3n) is 5.35. The van der Waals surface area contributed by atoms with Crippen molar-refractivity contribution in [1.29, 1.82) is 0 Å². The Morgan fingerprint density at radius 1 is 1.07 bits per heavy atom. The maximum absolute atomic E-state index is 12.8. The van der Waals surface area contributed by atoms with Crippen LogP contribution >= 0.6 is 0 Å². The second-order valence-corrected chi connectivity index (χ2v) is 7.22. The highest BCUT2D eigenvalue weighted by Gasteiger charge is 2.19. The van der Waals surface area contributed by atoms with Crippen LogP contribution in [0.1, 0.15) is 13.0 Å². The number of imidazole rings is 1. The standard InChI is InChI=1S/C22H19N5O2/c1-13(12-28)27-21-19(26(2)22(27)29)11-24-18-8-7-17(25-20(18)21)15-9-14-5-3-4-6-16(14)23-10-15/h3-11,13,28H,12H2,1-2H3/t13-/m0/s1. The molecule has 0 aliphatic carbocycles. The Bertz CT molecular complexity index is 1450. The number of aryl methyl sites for hydroxylation is 1. The van der Waals surface area contributed by atoms with E-state index in [0.717, 1.165) is 22.2 Å². The highest BCUT2D eigenvalue weighted by molar-refractivity contribution is 6.00. The summed E-state index contributed by atoms with van der Waals surface area (Å²) in [7, 11) is 1.70. The topological polar surface area (TPSA) is 85.8 Å². The maximum atomic E-state index is 12.8. The number of rotatable bonds is 3. The second kappa shape index (κ2) is 6.49. The van der Waals surface area contributed by atoms with Crippen molar-refractivity contribution in [2.45, 2.75) is 13.0 Å². The fourth-order valence-corrected chi connectivity index (χ4v) is 3.75. The average Bonchev–Trinajstić information content (AvgIpc) is 3.03. The van der Waals surface area contributed by atoms with Crippen molar-refractivity contribution in [3.63, 3.8) is 0 Å². The summed E-state index contributed by atoms with van der Waals surface area (Å²) in [5.74, 6) is 0. The predicted molar refractivity (Wildman–Crippen MR) is 113 cm³/mol. The van der Waals surface area contributed by atoms with Gasteiger partial charge in [0.15, 0.2) is 0 Å². The summed E-state index contributed by atoms with van der Waals surface area (Å²) in [6.45, 7) is 1.67. The molecular weight excluding hydrogens is 366 g/mol. The fourth-order valence-electron chi connectivity index (χ4n) is 3.75. The molecule has 0 spiro atoms. The molecule has 1 N–H and O–H groups in total. The summed E-state index contributed by atoms with van der Waals surface area (Å²) >= 11 is 0. The third-order valence-corrected chi connectivity index (χ3v) is 5.35. The molecule has 0 bridgehead atoms. The van der Waals surface area contributed by atoms with Crippen LogP contribution in [0.5, 0.6) is 0 Å². The molecule has 29 heavy (non-hydrogen) atoms. The van der Waals surface area contributed by atoms with Gasteiger partial charge < -0.3 is 5.11 Å². The van der Waals surface area contributed by atoms with Crippen molar-refractivity contribution in [3.05, 3.63) is 65.3 Å². The van der Waals surface area contributed by atoms with E-state index < -0.39 is 0 Å². The summed E-state index contributed by atoms with van der Waals surface area (Å²) in [5, 5.41) is 10.7. The van der Waals surface area contributed by atoms with Crippen LogP contribution in [-0.2, 0) is 7.05 Å². The van der Waals surface area contributed by atoms with Crippen LogP contribution in [0.2, 0.25) is 0 Å². The molecule has 7 heteroatoms. The number of hydrogen-bond donors (Lipinski definition) is 1. The molecule has 7 nitrogen and oxygen atoms in total. The first-order chi connectivity index (χ1) is 14.1. The average molecular weight is 385 g/mol. The third kappa shape index (κ3) is 2.62. The number of aliphatic hydroxyl groups excluding tert-OH is 1. The van der Waals surface area contributed by atoms with Gasteiger partial charge in [0.25, 0.3) is 0 Å². The van der Waals surface area contributed by atoms with Gasteiger partial charge in [0.05, 0.1) is 46.6 Å². The number of benzene rings is 1. The summed E-state index contributed by atoms with van der Waals surface area (Å²) < 4.78 is 3.13. The van der Waals surface area contributed by atoms with E-state index >= 15 is 0 Å². The Labute approximate surface area is 165 Å². The first-order valence-corrected chi connectivity index (χ1v) is 9.41.